The number of nitrogens with one attached hydrogen (secondary N) is 1. The van der Waals surface area contributed by atoms with Crippen molar-refractivity contribution in [3.05, 3.63) is 64.7 Å². The molecule has 2 rings (SSSR count). The normalized spacial score (nSPS) is 10.7. The van der Waals surface area contributed by atoms with Crippen LogP contribution in [0.4, 0.5) is 0 Å². The minimum Gasteiger partial charge on any atom is -0.484 e. The van der Waals surface area contributed by atoms with Crippen molar-refractivity contribution in [3.63, 3.8) is 0 Å². The van der Waals surface area contributed by atoms with Crippen molar-refractivity contribution in [1.82, 2.24) is 5.43 Å². The maximum atomic E-state index is 11.7. The average Bonchev–Trinajstić information content (AvgIpc) is 2.56. The van der Waals surface area contributed by atoms with Gasteiger partial charge in [0.1, 0.15) is 5.75 Å². The molecule has 0 atom stereocenters. The Morgan fingerprint density at radius 1 is 1.17 bits per heavy atom. The lowest BCUT2D eigenvalue weighted by atomic mass is 10.1. The van der Waals surface area contributed by atoms with E-state index in [9.17, 15) is 4.79 Å². The number of carbonyl (C=O) groups excluding carboxylic acids is 1. The predicted octanol–water partition coefficient (Wildman–Crippen LogP) is 3.82. The molecular weight excluding hydrogens is 312 g/mol. The molecule has 0 saturated carbocycles. The fourth-order valence-corrected chi connectivity index (χ4v) is 2.08. The van der Waals surface area contributed by atoms with E-state index in [1.165, 1.54) is 5.56 Å². The predicted molar refractivity (Wildman–Crippen MR) is 93.1 cm³/mol. The number of hydrogen-bond acceptors (Lipinski definition) is 3. The van der Waals surface area contributed by atoms with Gasteiger partial charge >= 0.3 is 0 Å². The van der Waals surface area contributed by atoms with E-state index in [-0.39, 0.29) is 12.5 Å². The number of carbonyl (C=O) groups is 1. The molecule has 0 aliphatic heterocycles. The van der Waals surface area contributed by atoms with Crippen LogP contribution in [-0.4, -0.2) is 18.7 Å². The van der Waals surface area contributed by atoms with Gasteiger partial charge in [-0.25, -0.2) is 5.43 Å². The fourth-order valence-electron chi connectivity index (χ4n) is 1.95. The molecule has 2 aromatic rings. The number of halogens is 1. The fraction of sp³-hybridized carbons (Fsp3) is 0.222. The van der Waals surface area contributed by atoms with Crippen LogP contribution in [0.5, 0.6) is 5.75 Å². The summed E-state index contributed by atoms with van der Waals surface area (Å²) in [6.07, 6.45) is 3.70. The van der Waals surface area contributed by atoms with E-state index in [0.717, 1.165) is 18.4 Å². The SMILES string of the molecule is CCCc1ccc(OCC(=O)N/N=C\c2ccc(Cl)cc2)cc1. The van der Waals surface area contributed by atoms with E-state index in [2.05, 4.69) is 17.5 Å². The second-order valence-corrected chi connectivity index (χ2v) is 5.46. The van der Waals surface area contributed by atoms with E-state index in [4.69, 9.17) is 16.3 Å². The second kappa shape index (κ2) is 8.96. The molecule has 0 radical (unpaired) electrons. The van der Waals surface area contributed by atoms with E-state index >= 15 is 0 Å². The molecule has 120 valence electrons. The van der Waals surface area contributed by atoms with Gasteiger partial charge in [0.15, 0.2) is 6.61 Å². The van der Waals surface area contributed by atoms with Crippen molar-refractivity contribution >= 4 is 23.7 Å². The lowest BCUT2D eigenvalue weighted by molar-refractivity contribution is -0.123. The molecule has 23 heavy (non-hydrogen) atoms. The third kappa shape index (κ3) is 6.12. The summed E-state index contributed by atoms with van der Waals surface area (Å²) in [6.45, 7) is 2.06. The van der Waals surface area contributed by atoms with Crippen molar-refractivity contribution in [2.24, 2.45) is 5.10 Å². The summed E-state index contributed by atoms with van der Waals surface area (Å²) in [4.78, 5) is 11.7. The quantitative estimate of drug-likeness (QED) is 0.619. The third-order valence-electron chi connectivity index (χ3n) is 3.10. The number of nitrogens with zero attached hydrogens (tertiary/aromatic N) is 1. The van der Waals surface area contributed by atoms with Crippen LogP contribution in [0.2, 0.25) is 5.02 Å². The smallest absolute Gasteiger partial charge is 0.277 e. The van der Waals surface area contributed by atoms with Gasteiger partial charge in [-0.15, -0.1) is 0 Å². The second-order valence-electron chi connectivity index (χ2n) is 5.03. The third-order valence-corrected chi connectivity index (χ3v) is 3.36. The molecule has 0 aromatic heterocycles. The summed E-state index contributed by atoms with van der Waals surface area (Å²) >= 11 is 5.79. The first kappa shape index (κ1) is 17.0. The Kier molecular flexibility index (Phi) is 6.63. The van der Waals surface area contributed by atoms with Crippen molar-refractivity contribution in [2.75, 3.05) is 6.61 Å². The van der Waals surface area contributed by atoms with Gasteiger partial charge in [0, 0.05) is 5.02 Å². The van der Waals surface area contributed by atoms with Crippen LogP contribution < -0.4 is 10.2 Å². The molecule has 5 heteroatoms. The van der Waals surface area contributed by atoms with Gasteiger partial charge in [0.25, 0.3) is 5.91 Å². The van der Waals surface area contributed by atoms with Gasteiger partial charge in [-0.05, 0) is 41.8 Å². The Hall–Kier alpha value is -2.33. The van der Waals surface area contributed by atoms with Gasteiger partial charge in [0.05, 0.1) is 6.21 Å². The highest BCUT2D eigenvalue weighted by Crippen LogP contribution is 2.13. The maximum Gasteiger partial charge on any atom is 0.277 e. The first-order chi connectivity index (χ1) is 11.2. The summed E-state index contributed by atoms with van der Waals surface area (Å²) < 4.78 is 5.42. The standard InChI is InChI=1S/C18H19ClN2O2/c1-2-3-14-6-10-17(11-7-14)23-13-18(22)21-20-12-15-4-8-16(19)9-5-15/h4-12H,2-3,13H2,1H3,(H,21,22)/b20-12-. The number of benzene rings is 2. The molecule has 0 bridgehead atoms. The topological polar surface area (TPSA) is 50.7 Å². The van der Waals surface area contributed by atoms with Crippen LogP contribution in [0.1, 0.15) is 24.5 Å². The van der Waals surface area contributed by atoms with Gasteiger partial charge in [-0.2, -0.15) is 5.10 Å². The van der Waals surface area contributed by atoms with E-state index in [1.54, 1.807) is 18.3 Å². The van der Waals surface area contributed by atoms with Crippen molar-refractivity contribution < 1.29 is 9.53 Å². The van der Waals surface area contributed by atoms with E-state index in [0.29, 0.717) is 10.8 Å². The van der Waals surface area contributed by atoms with Crippen molar-refractivity contribution in [1.29, 1.82) is 0 Å². The van der Waals surface area contributed by atoms with E-state index in [1.807, 2.05) is 36.4 Å². The van der Waals surface area contributed by atoms with Crippen molar-refractivity contribution in [3.8, 4) is 5.75 Å². The van der Waals surface area contributed by atoms with Gasteiger partial charge in [-0.1, -0.05) is 49.2 Å². The van der Waals surface area contributed by atoms with Gasteiger partial charge in [-0.3, -0.25) is 4.79 Å². The molecule has 0 unspecified atom stereocenters. The molecule has 4 nitrogen and oxygen atoms in total. The highest BCUT2D eigenvalue weighted by atomic mass is 35.5. The lowest BCUT2D eigenvalue weighted by Crippen LogP contribution is -2.24. The molecule has 0 saturated heterocycles. The van der Waals surface area contributed by atoms with Crippen LogP contribution in [0.3, 0.4) is 0 Å². The number of hydrogen-bond donors (Lipinski definition) is 1. The summed E-state index contributed by atoms with van der Waals surface area (Å²) in [7, 11) is 0. The number of ether oxygens (including phenoxy) is 1. The average molecular weight is 331 g/mol. The zero-order chi connectivity index (χ0) is 16.5. The van der Waals surface area contributed by atoms with Crippen LogP contribution in [0.25, 0.3) is 0 Å². The first-order valence-corrected chi connectivity index (χ1v) is 7.84. The summed E-state index contributed by atoms with van der Waals surface area (Å²) in [5.41, 5.74) is 4.53. The summed E-state index contributed by atoms with van der Waals surface area (Å²) in [6, 6.07) is 14.9. The van der Waals surface area contributed by atoms with Crippen LogP contribution in [0, 0.1) is 0 Å². The molecule has 0 aliphatic carbocycles. The van der Waals surface area contributed by atoms with Gasteiger partial charge < -0.3 is 4.74 Å². The zero-order valence-electron chi connectivity index (χ0n) is 13.0. The molecule has 2 aromatic carbocycles. The maximum absolute atomic E-state index is 11.7. The minimum absolute atomic E-state index is 0.0783. The molecule has 1 N–H and O–H groups in total. The van der Waals surface area contributed by atoms with E-state index < -0.39 is 0 Å². The summed E-state index contributed by atoms with van der Waals surface area (Å²) in [5.74, 6) is 0.356. The Morgan fingerprint density at radius 3 is 2.52 bits per heavy atom. The molecule has 0 spiro atoms. The Bertz CT molecular complexity index is 652. The number of rotatable bonds is 7. The molecule has 1 amide bonds. The van der Waals surface area contributed by atoms with Crippen LogP contribution >= 0.6 is 11.6 Å². The van der Waals surface area contributed by atoms with Crippen LogP contribution in [0.15, 0.2) is 53.6 Å². The number of hydrazone groups is 1. The van der Waals surface area contributed by atoms with Crippen LogP contribution in [-0.2, 0) is 11.2 Å². The molecule has 0 heterocycles. The highest BCUT2D eigenvalue weighted by Gasteiger charge is 2.01. The monoisotopic (exact) mass is 330 g/mol. The highest BCUT2D eigenvalue weighted by molar-refractivity contribution is 6.30. The Labute approximate surface area is 141 Å². The summed E-state index contributed by atoms with van der Waals surface area (Å²) in [5, 5.41) is 4.53. The first-order valence-electron chi connectivity index (χ1n) is 7.46. The number of aryl methyl sites for hydroxylation is 1. The molecular formula is C18H19ClN2O2. The molecule has 0 fully saturated rings. The lowest BCUT2D eigenvalue weighted by Gasteiger charge is -2.06. The van der Waals surface area contributed by atoms with Gasteiger partial charge in [0.2, 0.25) is 0 Å². The Balaban J connectivity index is 1.75. The molecule has 0 aliphatic rings. The largest absolute Gasteiger partial charge is 0.484 e. The number of amides is 1. The van der Waals surface area contributed by atoms with Crippen molar-refractivity contribution in [2.45, 2.75) is 19.8 Å². The minimum atomic E-state index is -0.312. The zero-order valence-corrected chi connectivity index (χ0v) is 13.7. The Morgan fingerprint density at radius 2 is 1.87 bits per heavy atom.